The first kappa shape index (κ1) is 26.5. The molecule has 15 heteroatoms. The first-order valence-electron chi connectivity index (χ1n) is 10.9. The molecular formula is C22H20F9N6+. The van der Waals surface area contributed by atoms with Crippen molar-refractivity contribution < 1.29 is 44.6 Å². The predicted molar refractivity (Wildman–Crippen MR) is 112 cm³/mol. The quantitative estimate of drug-likeness (QED) is 0.403. The van der Waals surface area contributed by atoms with E-state index in [1.165, 1.54) is 17.9 Å². The molecule has 0 amide bonds. The number of nitrogens with zero attached hydrogens (tertiary/aromatic N) is 3. The highest BCUT2D eigenvalue weighted by Gasteiger charge is 2.39. The van der Waals surface area contributed by atoms with E-state index >= 15 is 0 Å². The number of aryl methyl sites for hydroxylation is 1. The predicted octanol–water partition coefficient (Wildman–Crippen LogP) is 5.94. The summed E-state index contributed by atoms with van der Waals surface area (Å²) in [6.07, 6.45) is -13.9. The molecule has 3 aromatic rings. The molecule has 4 rings (SSSR count). The molecular weight excluding hydrogens is 519 g/mol. The summed E-state index contributed by atoms with van der Waals surface area (Å²) in [5, 5.41) is 15.2. The van der Waals surface area contributed by atoms with E-state index in [0.29, 0.717) is 37.1 Å². The molecule has 0 aliphatic carbocycles. The zero-order valence-electron chi connectivity index (χ0n) is 19.0. The lowest BCUT2D eigenvalue weighted by Crippen LogP contribution is -2.33. The van der Waals surface area contributed by atoms with E-state index in [9.17, 15) is 39.5 Å². The summed E-state index contributed by atoms with van der Waals surface area (Å²) in [7, 11) is 0. The second kappa shape index (κ2) is 9.41. The van der Waals surface area contributed by atoms with Gasteiger partial charge in [0.25, 0.3) is 0 Å². The third kappa shape index (κ3) is 5.74. The minimum Gasteiger partial charge on any atom is -0.385 e. The molecule has 200 valence electrons. The highest BCUT2D eigenvalue weighted by molar-refractivity contribution is 5.60. The number of hydrogen-bond acceptors (Lipinski definition) is 4. The van der Waals surface area contributed by atoms with Crippen molar-refractivity contribution >= 4 is 11.6 Å². The summed E-state index contributed by atoms with van der Waals surface area (Å²) >= 11 is 0. The Hall–Kier alpha value is -3.52. The van der Waals surface area contributed by atoms with E-state index in [0.717, 1.165) is 6.07 Å². The van der Waals surface area contributed by atoms with Gasteiger partial charge < -0.3 is 5.32 Å². The molecule has 0 fully saturated rings. The molecule has 37 heavy (non-hydrogen) atoms. The Labute approximate surface area is 203 Å². The van der Waals surface area contributed by atoms with Gasteiger partial charge in [-0.1, -0.05) is 6.07 Å². The van der Waals surface area contributed by atoms with Gasteiger partial charge in [0.2, 0.25) is 0 Å². The van der Waals surface area contributed by atoms with Crippen LogP contribution in [0.1, 0.15) is 52.3 Å². The van der Waals surface area contributed by atoms with Gasteiger partial charge in [-0.15, -0.1) is 5.21 Å². The van der Waals surface area contributed by atoms with Crippen LogP contribution in [0.4, 0.5) is 51.1 Å². The molecule has 1 atom stereocenters. The molecule has 0 saturated heterocycles. The number of nitrogens with one attached hydrogen (secondary N) is 3. The minimum atomic E-state index is -5.04. The number of aromatic nitrogens is 4. The average Bonchev–Trinajstić information content (AvgIpc) is 3.23. The van der Waals surface area contributed by atoms with E-state index in [2.05, 4.69) is 25.9 Å². The number of tetrazole rings is 1. The summed E-state index contributed by atoms with van der Waals surface area (Å²) in [4.78, 5) is 1.39. The standard InChI is InChI=1S/C22H19F9N6/c1-11-5-15-17(9-16(11)22(29,30)31)32-4-2-3-18(15)37(19-33-35-36-34-19)10-12-6-13(20(23,24)25)8-14(7-12)21(26,27)28/h5-9,18,32H,2-4,10H2,1H3,(H,33,34,35,36)/p+1/t18-/m0/s1. The lowest BCUT2D eigenvalue weighted by molar-refractivity contribution is -0.443. The lowest BCUT2D eigenvalue weighted by atomic mass is 9.94. The van der Waals surface area contributed by atoms with Crippen LogP contribution in [0, 0.1) is 6.92 Å². The van der Waals surface area contributed by atoms with Crippen LogP contribution in [0.3, 0.4) is 0 Å². The van der Waals surface area contributed by atoms with E-state index in [4.69, 9.17) is 0 Å². The maximum atomic E-state index is 13.5. The topological polar surface area (TPSA) is 71.0 Å². The number of benzene rings is 2. The van der Waals surface area contributed by atoms with Gasteiger partial charge in [-0.25, -0.2) is 0 Å². The monoisotopic (exact) mass is 539 g/mol. The highest BCUT2D eigenvalue weighted by atomic mass is 19.4. The van der Waals surface area contributed by atoms with Crippen LogP contribution in [0.2, 0.25) is 0 Å². The number of fused-ring (bicyclic) bond motifs is 1. The smallest absolute Gasteiger partial charge is 0.385 e. The fraction of sp³-hybridized carbons (Fsp3) is 0.409. The maximum absolute atomic E-state index is 13.5. The van der Waals surface area contributed by atoms with Gasteiger partial charge in [0.05, 0.1) is 34.4 Å². The maximum Gasteiger partial charge on any atom is 0.416 e. The first-order valence-corrected chi connectivity index (χ1v) is 10.9. The zero-order valence-corrected chi connectivity index (χ0v) is 19.0. The zero-order chi connectivity index (χ0) is 27.2. The van der Waals surface area contributed by atoms with Crippen molar-refractivity contribution in [3.63, 3.8) is 0 Å². The van der Waals surface area contributed by atoms with Gasteiger partial charge in [0.15, 0.2) is 0 Å². The molecule has 2 heterocycles. The Morgan fingerprint density at radius 1 is 0.919 bits per heavy atom. The van der Waals surface area contributed by atoms with Gasteiger partial charge in [-0.3, -0.25) is 4.90 Å². The molecule has 0 bridgehead atoms. The van der Waals surface area contributed by atoms with Crippen molar-refractivity contribution in [1.82, 2.24) is 15.5 Å². The number of anilines is 2. The number of hydrogen-bond donors (Lipinski definition) is 2. The average molecular weight is 539 g/mol. The minimum absolute atomic E-state index is 0.0126. The Morgan fingerprint density at radius 3 is 2.11 bits per heavy atom. The number of halogens is 9. The van der Waals surface area contributed by atoms with Crippen LogP contribution >= 0.6 is 0 Å². The largest absolute Gasteiger partial charge is 0.416 e. The van der Waals surface area contributed by atoms with Crippen molar-refractivity contribution in [3.8, 4) is 0 Å². The molecule has 1 aliphatic heterocycles. The summed E-state index contributed by atoms with van der Waals surface area (Å²) in [6, 6.07) is 2.77. The van der Waals surface area contributed by atoms with Gasteiger partial charge in [0.1, 0.15) is 5.21 Å². The van der Waals surface area contributed by atoms with Crippen molar-refractivity contribution in [3.05, 3.63) is 63.7 Å². The van der Waals surface area contributed by atoms with E-state index in [1.807, 2.05) is 0 Å². The Balaban J connectivity index is 1.83. The fourth-order valence-corrected chi connectivity index (χ4v) is 4.40. The SMILES string of the molecule is Cc1cc2c(cc1C(F)(F)F)NCCC[C@@H]2N(Cc1cc(C(F)(F)F)cc(C(F)(F)F)c1)c1nn[nH][nH+]1. The molecule has 3 N–H and O–H groups in total. The summed E-state index contributed by atoms with van der Waals surface area (Å²) in [5.41, 5.74) is -3.66. The summed E-state index contributed by atoms with van der Waals surface area (Å²) < 4.78 is 121. The van der Waals surface area contributed by atoms with Crippen LogP contribution < -0.4 is 15.3 Å². The molecule has 1 aliphatic rings. The Bertz CT molecular complexity index is 1220. The van der Waals surface area contributed by atoms with Gasteiger partial charge in [-0.2, -0.15) is 44.6 Å². The second-order valence-corrected chi connectivity index (χ2v) is 8.64. The molecule has 0 radical (unpaired) electrons. The van der Waals surface area contributed by atoms with Crippen molar-refractivity contribution in [2.45, 2.75) is 50.9 Å². The number of alkyl halides is 9. The summed E-state index contributed by atoms with van der Waals surface area (Å²) in [6.45, 7) is 1.11. The van der Waals surface area contributed by atoms with Crippen LogP contribution in [0.15, 0.2) is 30.3 Å². The molecule has 6 nitrogen and oxygen atoms in total. The first-order chi connectivity index (χ1) is 17.1. The van der Waals surface area contributed by atoms with E-state index < -0.39 is 47.8 Å². The van der Waals surface area contributed by atoms with Crippen LogP contribution in [-0.2, 0) is 25.1 Å². The molecule has 2 aromatic carbocycles. The number of H-pyrrole nitrogens is 2. The lowest BCUT2D eigenvalue weighted by Gasteiger charge is -2.28. The van der Waals surface area contributed by atoms with Crippen LogP contribution in [-0.4, -0.2) is 22.1 Å². The second-order valence-electron chi connectivity index (χ2n) is 8.64. The van der Waals surface area contributed by atoms with Crippen LogP contribution in [0.5, 0.6) is 0 Å². The molecule has 0 unspecified atom stereocenters. The van der Waals surface area contributed by atoms with E-state index in [-0.39, 0.29) is 28.8 Å². The Morgan fingerprint density at radius 2 is 1.57 bits per heavy atom. The van der Waals surface area contributed by atoms with Crippen molar-refractivity contribution in [1.29, 1.82) is 0 Å². The summed E-state index contributed by atoms with van der Waals surface area (Å²) in [5.74, 6) is -0.0126. The van der Waals surface area contributed by atoms with Crippen molar-refractivity contribution in [2.24, 2.45) is 0 Å². The molecule has 0 spiro atoms. The molecule has 1 aromatic heterocycles. The van der Waals surface area contributed by atoms with Crippen molar-refractivity contribution in [2.75, 3.05) is 16.8 Å². The van der Waals surface area contributed by atoms with Gasteiger partial charge >= 0.3 is 24.5 Å². The highest BCUT2D eigenvalue weighted by Crippen LogP contribution is 2.42. The van der Waals surface area contributed by atoms with Crippen LogP contribution in [0.25, 0.3) is 0 Å². The molecule has 0 saturated carbocycles. The number of rotatable bonds is 4. The van der Waals surface area contributed by atoms with Gasteiger partial charge in [0, 0.05) is 17.8 Å². The third-order valence-electron chi connectivity index (χ3n) is 6.04. The Kier molecular flexibility index (Phi) is 6.75. The van der Waals surface area contributed by atoms with Gasteiger partial charge in [-0.05, 0) is 55.2 Å². The third-order valence-corrected chi connectivity index (χ3v) is 6.04. The number of aromatic amines is 2. The normalized spacial score (nSPS) is 16.6. The fourth-order valence-electron chi connectivity index (χ4n) is 4.40. The van der Waals surface area contributed by atoms with E-state index in [1.54, 1.807) is 0 Å².